The average molecular weight is 368 g/mol. The second kappa shape index (κ2) is 8.19. The number of nitrogens with zero attached hydrogens (tertiary/aromatic N) is 2. The van der Waals surface area contributed by atoms with Crippen LogP contribution in [-0.4, -0.2) is 27.4 Å². The number of esters is 1. The molecule has 1 aromatic heterocycles. The lowest BCUT2D eigenvalue weighted by Gasteiger charge is -2.16. The third kappa shape index (κ3) is 3.96. The minimum atomic E-state index is -0.454. The SMILES string of the molecule is CCOC(=O)[C@H](C)Sc1nc2ccccc2c(=O)n1Cc1ccccc1. The molecular formula is C20H20N2O3S. The molecule has 3 rings (SSSR count). The Kier molecular flexibility index (Phi) is 5.73. The summed E-state index contributed by atoms with van der Waals surface area (Å²) in [5.41, 5.74) is 1.51. The number of fused-ring (bicyclic) bond motifs is 1. The molecule has 6 heteroatoms. The molecule has 26 heavy (non-hydrogen) atoms. The van der Waals surface area contributed by atoms with Gasteiger partial charge in [-0.25, -0.2) is 4.98 Å². The molecule has 0 N–H and O–H groups in total. The number of thioether (sulfide) groups is 1. The molecule has 0 radical (unpaired) electrons. The standard InChI is InChI=1S/C20H20N2O3S/c1-3-25-19(24)14(2)26-20-21-17-12-8-7-11-16(17)18(23)22(20)13-15-9-5-4-6-10-15/h4-12,14H,3,13H2,1-2H3/t14-/m0/s1. The summed E-state index contributed by atoms with van der Waals surface area (Å²) in [6.07, 6.45) is 0. The van der Waals surface area contributed by atoms with Crippen molar-refractivity contribution in [3.8, 4) is 0 Å². The molecule has 134 valence electrons. The molecule has 0 amide bonds. The monoisotopic (exact) mass is 368 g/mol. The third-order valence-corrected chi connectivity index (χ3v) is 4.98. The Morgan fingerprint density at radius 2 is 1.85 bits per heavy atom. The highest BCUT2D eigenvalue weighted by molar-refractivity contribution is 8.00. The van der Waals surface area contributed by atoms with Crippen molar-refractivity contribution in [2.75, 3.05) is 6.61 Å². The predicted molar refractivity (Wildman–Crippen MR) is 103 cm³/mol. The van der Waals surface area contributed by atoms with Gasteiger partial charge in [0.15, 0.2) is 5.16 Å². The quantitative estimate of drug-likeness (QED) is 0.379. The van der Waals surface area contributed by atoms with E-state index >= 15 is 0 Å². The molecule has 0 saturated heterocycles. The molecule has 0 aliphatic rings. The van der Waals surface area contributed by atoms with E-state index in [1.807, 2.05) is 48.5 Å². The summed E-state index contributed by atoms with van der Waals surface area (Å²) >= 11 is 1.24. The van der Waals surface area contributed by atoms with Gasteiger partial charge in [-0.2, -0.15) is 0 Å². The fourth-order valence-corrected chi connectivity index (χ4v) is 3.52. The van der Waals surface area contributed by atoms with Crippen molar-refractivity contribution in [3.63, 3.8) is 0 Å². The van der Waals surface area contributed by atoms with Gasteiger partial charge in [-0.15, -0.1) is 0 Å². The van der Waals surface area contributed by atoms with Crippen molar-refractivity contribution >= 4 is 28.6 Å². The molecule has 3 aromatic rings. The molecule has 0 fully saturated rings. The molecule has 0 aliphatic heterocycles. The lowest BCUT2D eigenvalue weighted by Crippen LogP contribution is -2.26. The Hall–Kier alpha value is -2.60. The van der Waals surface area contributed by atoms with Crippen LogP contribution in [0.25, 0.3) is 10.9 Å². The number of ether oxygens (including phenoxy) is 1. The van der Waals surface area contributed by atoms with Crippen molar-refractivity contribution in [2.24, 2.45) is 0 Å². The van der Waals surface area contributed by atoms with Gasteiger partial charge in [-0.3, -0.25) is 14.2 Å². The fraction of sp³-hybridized carbons (Fsp3) is 0.250. The minimum absolute atomic E-state index is 0.113. The smallest absolute Gasteiger partial charge is 0.319 e. The van der Waals surface area contributed by atoms with Gasteiger partial charge in [-0.05, 0) is 31.5 Å². The summed E-state index contributed by atoms with van der Waals surface area (Å²) in [6.45, 7) is 4.26. The van der Waals surface area contributed by atoms with E-state index in [0.29, 0.717) is 29.2 Å². The van der Waals surface area contributed by atoms with E-state index in [4.69, 9.17) is 4.74 Å². The number of carbonyl (C=O) groups is 1. The van der Waals surface area contributed by atoms with E-state index in [1.54, 1.807) is 24.5 Å². The van der Waals surface area contributed by atoms with E-state index in [9.17, 15) is 9.59 Å². The molecule has 0 unspecified atom stereocenters. The number of aromatic nitrogens is 2. The van der Waals surface area contributed by atoms with Crippen LogP contribution in [0.3, 0.4) is 0 Å². The van der Waals surface area contributed by atoms with Crippen LogP contribution in [0.5, 0.6) is 0 Å². The maximum Gasteiger partial charge on any atom is 0.319 e. The largest absolute Gasteiger partial charge is 0.465 e. The van der Waals surface area contributed by atoms with Gasteiger partial charge in [0.1, 0.15) is 5.25 Å². The van der Waals surface area contributed by atoms with Gasteiger partial charge < -0.3 is 4.74 Å². The van der Waals surface area contributed by atoms with Gasteiger partial charge in [0, 0.05) is 0 Å². The van der Waals surface area contributed by atoms with E-state index in [0.717, 1.165) is 5.56 Å². The number of carbonyl (C=O) groups excluding carboxylic acids is 1. The summed E-state index contributed by atoms with van der Waals surface area (Å²) in [6, 6.07) is 17.0. The van der Waals surface area contributed by atoms with E-state index in [-0.39, 0.29) is 11.5 Å². The zero-order valence-electron chi connectivity index (χ0n) is 14.7. The van der Waals surface area contributed by atoms with Crippen LogP contribution in [0.4, 0.5) is 0 Å². The van der Waals surface area contributed by atoms with Crippen molar-refractivity contribution in [1.29, 1.82) is 0 Å². The van der Waals surface area contributed by atoms with E-state index < -0.39 is 5.25 Å². The van der Waals surface area contributed by atoms with Gasteiger partial charge in [0.2, 0.25) is 0 Å². The van der Waals surface area contributed by atoms with Gasteiger partial charge in [0.05, 0.1) is 24.1 Å². The van der Waals surface area contributed by atoms with Gasteiger partial charge in [0.25, 0.3) is 5.56 Å². The molecule has 0 saturated carbocycles. The van der Waals surface area contributed by atoms with Crippen molar-refractivity contribution in [2.45, 2.75) is 30.8 Å². The molecule has 5 nitrogen and oxygen atoms in total. The first-order chi connectivity index (χ1) is 12.6. The van der Waals surface area contributed by atoms with E-state index in [2.05, 4.69) is 4.98 Å². The number of hydrogen-bond donors (Lipinski definition) is 0. The Balaban J connectivity index is 2.05. The van der Waals surface area contributed by atoms with Gasteiger partial charge in [-0.1, -0.05) is 54.2 Å². The van der Waals surface area contributed by atoms with Crippen molar-refractivity contribution in [3.05, 3.63) is 70.5 Å². The van der Waals surface area contributed by atoms with E-state index in [1.165, 1.54) is 11.8 Å². The highest BCUT2D eigenvalue weighted by Crippen LogP contribution is 2.24. The predicted octanol–water partition coefficient (Wildman–Crippen LogP) is 3.49. The van der Waals surface area contributed by atoms with Crippen LogP contribution >= 0.6 is 11.8 Å². The Labute approximate surface area is 156 Å². The Morgan fingerprint density at radius 1 is 1.15 bits per heavy atom. The molecular weight excluding hydrogens is 348 g/mol. The number of hydrogen-bond acceptors (Lipinski definition) is 5. The summed E-state index contributed by atoms with van der Waals surface area (Å²) in [4.78, 5) is 29.7. The van der Waals surface area contributed by atoms with Crippen LogP contribution in [0.1, 0.15) is 19.4 Å². The topological polar surface area (TPSA) is 61.2 Å². The summed E-state index contributed by atoms with van der Waals surface area (Å²) in [7, 11) is 0. The molecule has 1 atom stereocenters. The Bertz CT molecular complexity index is 970. The molecule has 1 heterocycles. The molecule has 0 bridgehead atoms. The van der Waals surface area contributed by atoms with Crippen molar-refractivity contribution < 1.29 is 9.53 Å². The zero-order chi connectivity index (χ0) is 18.5. The highest BCUT2D eigenvalue weighted by Gasteiger charge is 2.20. The van der Waals surface area contributed by atoms with Crippen LogP contribution < -0.4 is 5.56 Å². The molecule has 0 aliphatic carbocycles. The first kappa shape index (κ1) is 18.2. The molecule has 2 aromatic carbocycles. The first-order valence-corrected chi connectivity index (χ1v) is 9.35. The van der Waals surface area contributed by atoms with Crippen LogP contribution in [0, 0.1) is 0 Å². The van der Waals surface area contributed by atoms with Gasteiger partial charge >= 0.3 is 5.97 Å². The highest BCUT2D eigenvalue weighted by atomic mass is 32.2. The molecule has 0 spiro atoms. The summed E-state index contributed by atoms with van der Waals surface area (Å²) in [5.74, 6) is -0.314. The normalized spacial score (nSPS) is 12.1. The van der Waals surface area contributed by atoms with Crippen LogP contribution in [0.15, 0.2) is 64.5 Å². The van der Waals surface area contributed by atoms with Crippen LogP contribution in [0.2, 0.25) is 0 Å². The third-order valence-electron chi connectivity index (χ3n) is 3.91. The lowest BCUT2D eigenvalue weighted by molar-refractivity contribution is -0.142. The van der Waals surface area contributed by atoms with Crippen LogP contribution in [-0.2, 0) is 16.1 Å². The minimum Gasteiger partial charge on any atom is -0.465 e. The average Bonchev–Trinajstić information content (AvgIpc) is 2.66. The number of benzene rings is 2. The second-order valence-corrected chi connectivity index (χ2v) is 7.11. The number of para-hydroxylation sites is 1. The summed E-state index contributed by atoms with van der Waals surface area (Å²) in [5, 5.41) is 0.625. The lowest BCUT2D eigenvalue weighted by atomic mass is 10.2. The maximum atomic E-state index is 13.0. The number of rotatable bonds is 6. The zero-order valence-corrected chi connectivity index (χ0v) is 15.5. The van der Waals surface area contributed by atoms with Crippen molar-refractivity contribution in [1.82, 2.24) is 9.55 Å². The Morgan fingerprint density at radius 3 is 2.58 bits per heavy atom. The fourth-order valence-electron chi connectivity index (χ4n) is 2.61. The maximum absolute atomic E-state index is 13.0. The second-order valence-electron chi connectivity index (χ2n) is 5.80. The summed E-state index contributed by atoms with van der Waals surface area (Å²) < 4.78 is 6.70. The first-order valence-electron chi connectivity index (χ1n) is 8.47.